The highest BCUT2D eigenvalue weighted by atomic mass is 35.5. The number of hydrogen-bond donors (Lipinski definition) is 0. The molecule has 4 rings (SSSR count). The maximum atomic E-state index is 14.1. The third-order valence-electron chi connectivity index (χ3n) is 6.24. The summed E-state index contributed by atoms with van der Waals surface area (Å²) < 4.78 is 1.65. The molecule has 0 saturated carbocycles. The Balaban J connectivity index is 1.82. The number of hydrogen-bond acceptors (Lipinski definition) is 3. The van der Waals surface area contributed by atoms with Crippen LogP contribution in [0.4, 0.5) is 0 Å². The number of fused-ring (bicyclic) bond motifs is 1. The van der Waals surface area contributed by atoms with Gasteiger partial charge in [-0.1, -0.05) is 72.3 Å². The lowest BCUT2D eigenvalue weighted by molar-refractivity contribution is -0.134. The largest absolute Gasteiger partial charge is 0.332 e. The summed E-state index contributed by atoms with van der Waals surface area (Å²) in [4.78, 5) is 33.9. The molecular weight excluding hydrogens is 446 g/mol. The van der Waals surface area contributed by atoms with Gasteiger partial charge >= 0.3 is 0 Å². The quantitative estimate of drug-likeness (QED) is 0.340. The van der Waals surface area contributed by atoms with E-state index in [0.29, 0.717) is 34.8 Å². The summed E-state index contributed by atoms with van der Waals surface area (Å²) in [6, 6.07) is 24.3. The molecule has 34 heavy (non-hydrogen) atoms. The van der Waals surface area contributed by atoms with Crippen LogP contribution in [0.15, 0.2) is 83.7 Å². The van der Waals surface area contributed by atoms with Gasteiger partial charge in [-0.3, -0.25) is 14.2 Å². The minimum Gasteiger partial charge on any atom is -0.332 e. The smallest absolute Gasteiger partial charge is 0.261 e. The predicted octanol–water partition coefficient (Wildman–Crippen LogP) is 5.81. The fraction of sp³-hybridized carbons (Fsp3) is 0.250. The van der Waals surface area contributed by atoms with E-state index in [1.165, 1.54) is 0 Å². The highest BCUT2D eigenvalue weighted by Gasteiger charge is 2.31. The maximum Gasteiger partial charge on any atom is 0.261 e. The molecule has 6 heteroatoms. The van der Waals surface area contributed by atoms with Gasteiger partial charge in [-0.05, 0) is 50.1 Å². The van der Waals surface area contributed by atoms with Gasteiger partial charge in [-0.2, -0.15) is 0 Å². The van der Waals surface area contributed by atoms with Gasteiger partial charge in [0.15, 0.2) is 0 Å². The number of likely N-dealkylation sites (N-methyl/N-ethyl adjacent to an activating group) is 1. The van der Waals surface area contributed by atoms with Crippen LogP contribution in [0.3, 0.4) is 0 Å². The van der Waals surface area contributed by atoms with Gasteiger partial charge in [0, 0.05) is 18.1 Å². The van der Waals surface area contributed by atoms with Gasteiger partial charge in [0.1, 0.15) is 5.82 Å². The van der Waals surface area contributed by atoms with E-state index in [1.807, 2.05) is 81.4 Å². The summed E-state index contributed by atoms with van der Waals surface area (Å²) in [5, 5.41) is 1.03. The first-order valence-corrected chi connectivity index (χ1v) is 11.9. The van der Waals surface area contributed by atoms with E-state index in [2.05, 4.69) is 0 Å². The van der Waals surface area contributed by atoms with Gasteiger partial charge in [-0.25, -0.2) is 4.98 Å². The zero-order valence-electron chi connectivity index (χ0n) is 19.6. The van der Waals surface area contributed by atoms with Crippen molar-refractivity contribution in [3.63, 3.8) is 0 Å². The van der Waals surface area contributed by atoms with Gasteiger partial charge in [-0.15, -0.1) is 0 Å². The molecule has 174 valence electrons. The Morgan fingerprint density at radius 1 is 0.971 bits per heavy atom. The van der Waals surface area contributed by atoms with Crippen LogP contribution >= 0.6 is 11.6 Å². The number of benzene rings is 3. The first-order valence-electron chi connectivity index (χ1n) is 11.6. The van der Waals surface area contributed by atoms with Crippen LogP contribution in [0.1, 0.15) is 49.7 Å². The molecule has 5 nitrogen and oxygen atoms in total. The molecular formula is C28H28ClN3O2. The number of rotatable bonds is 7. The molecule has 0 radical (unpaired) electrons. The van der Waals surface area contributed by atoms with Gasteiger partial charge in [0.05, 0.1) is 22.9 Å². The first kappa shape index (κ1) is 23.7. The van der Waals surface area contributed by atoms with Crippen molar-refractivity contribution in [3.8, 4) is 0 Å². The minimum atomic E-state index is -0.457. The lowest BCUT2D eigenvalue weighted by Gasteiger charge is -2.32. The SMILES string of the molecule is CCN(C(=O)C(c1ccccc1)c1ccccc1)C(C)c1nc2cc(Cl)ccc2c(=O)n1CC. The Morgan fingerprint density at radius 3 is 2.09 bits per heavy atom. The molecule has 1 unspecified atom stereocenters. The first-order chi connectivity index (χ1) is 16.5. The molecule has 0 fully saturated rings. The number of carbonyl (C=O) groups excluding carboxylic acids is 1. The van der Waals surface area contributed by atoms with E-state index in [-0.39, 0.29) is 11.5 Å². The molecule has 3 aromatic carbocycles. The number of aromatic nitrogens is 2. The van der Waals surface area contributed by atoms with Crippen molar-refractivity contribution in [1.82, 2.24) is 14.5 Å². The van der Waals surface area contributed by atoms with E-state index in [4.69, 9.17) is 16.6 Å². The second kappa shape index (κ2) is 10.2. The van der Waals surface area contributed by atoms with E-state index in [1.54, 1.807) is 27.7 Å². The highest BCUT2D eigenvalue weighted by Crippen LogP contribution is 2.30. The van der Waals surface area contributed by atoms with Gasteiger partial charge in [0.25, 0.3) is 5.56 Å². The van der Waals surface area contributed by atoms with Gasteiger partial charge < -0.3 is 4.90 Å². The lowest BCUT2D eigenvalue weighted by atomic mass is 9.89. The van der Waals surface area contributed by atoms with Crippen molar-refractivity contribution in [2.24, 2.45) is 0 Å². The third kappa shape index (κ3) is 4.48. The van der Waals surface area contributed by atoms with Crippen LogP contribution in [0.2, 0.25) is 5.02 Å². The van der Waals surface area contributed by atoms with Crippen molar-refractivity contribution in [1.29, 1.82) is 0 Å². The topological polar surface area (TPSA) is 55.2 Å². The highest BCUT2D eigenvalue weighted by molar-refractivity contribution is 6.31. The summed E-state index contributed by atoms with van der Waals surface area (Å²) >= 11 is 6.18. The second-order valence-corrected chi connectivity index (χ2v) is 8.67. The van der Waals surface area contributed by atoms with E-state index in [9.17, 15) is 9.59 Å². The summed E-state index contributed by atoms with van der Waals surface area (Å²) in [6.45, 7) is 6.72. The van der Waals surface area contributed by atoms with E-state index >= 15 is 0 Å². The van der Waals surface area contributed by atoms with Crippen LogP contribution < -0.4 is 5.56 Å². The fourth-order valence-electron chi connectivity index (χ4n) is 4.53. The fourth-order valence-corrected chi connectivity index (χ4v) is 4.70. The van der Waals surface area contributed by atoms with Crippen LogP contribution in [0, 0.1) is 0 Å². The monoisotopic (exact) mass is 473 g/mol. The van der Waals surface area contributed by atoms with Crippen molar-refractivity contribution in [3.05, 3.63) is 111 Å². The van der Waals surface area contributed by atoms with Crippen molar-refractivity contribution in [2.45, 2.75) is 39.3 Å². The zero-order chi connectivity index (χ0) is 24.2. The predicted molar refractivity (Wildman–Crippen MR) is 137 cm³/mol. The normalized spacial score (nSPS) is 12.1. The van der Waals surface area contributed by atoms with Crippen LogP contribution in [0.25, 0.3) is 10.9 Å². The van der Waals surface area contributed by atoms with E-state index in [0.717, 1.165) is 11.1 Å². The molecule has 0 N–H and O–H groups in total. The van der Waals surface area contributed by atoms with Crippen LogP contribution in [-0.4, -0.2) is 26.9 Å². The molecule has 1 amide bonds. The summed E-state index contributed by atoms with van der Waals surface area (Å²) in [5.74, 6) is 0.0642. The maximum absolute atomic E-state index is 14.1. The average Bonchev–Trinajstić information content (AvgIpc) is 2.85. The number of halogens is 1. The molecule has 0 aliphatic rings. The standard InChI is InChI=1S/C28H28ClN3O2/c1-4-31(28(34)25(20-12-8-6-9-13-20)21-14-10-7-11-15-21)19(3)26-30-24-18-22(29)16-17-23(24)27(33)32(26)5-2/h6-19,25H,4-5H2,1-3H3. The molecule has 1 aromatic heterocycles. The Kier molecular flexibility index (Phi) is 7.13. The molecule has 0 saturated heterocycles. The Morgan fingerprint density at radius 2 is 1.56 bits per heavy atom. The molecule has 4 aromatic rings. The molecule has 0 aliphatic carbocycles. The van der Waals surface area contributed by atoms with Crippen molar-refractivity contribution in [2.75, 3.05) is 6.54 Å². The van der Waals surface area contributed by atoms with Crippen LogP contribution in [-0.2, 0) is 11.3 Å². The Hall–Kier alpha value is -3.44. The minimum absolute atomic E-state index is 0.0320. The van der Waals surface area contributed by atoms with Crippen LogP contribution in [0.5, 0.6) is 0 Å². The Bertz CT molecular complexity index is 1310. The van der Waals surface area contributed by atoms with Crippen molar-refractivity contribution >= 4 is 28.4 Å². The molecule has 1 heterocycles. The number of amides is 1. The third-order valence-corrected chi connectivity index (χ3v) is 6.48. The zero-order valence-corrected chi connectivity index (χ0v) is 20.4. The number of carbonyl (C=O) groups is 1. The van der Waals surface area contributed by atoms with Gasteiger partial charge in [0.2, 0.25) is 5.91 Å². The molecule has 0 aliphatic heterocycles. The molecule has 0 spiro atoms. The summed E-state index contributed by atoms with van der Waals surface area (Å²) in [6.07, 6.45) is 0. The lowest BCUT2D eigenvalue weighted by Crippen LogP contribution is -2.40. The summed E-state index contributed by atoms with van der Waals surface area (Å²) in [7, 11) is 0. The second-order valence-electron chi connectivity index (χ2n) is 8.24. The average molecular weight is 474 g/mol. The number of nitrogens with zero attached hydrogens (tertiary/aromatic N) is 3. The molecule has 0 bridgehead atoms. The van der Waals surface area contributed by atoms with E-state index < -0.39 is 12.0 Å². The van der Waals surface area contributed by atoms with Crippen molar-refractivity contribution < 1.29 is 4.79 Å². The summed E-state index contributed by atoms with van der Waals surface area (Å²) in [5.41, 5.74) is 2.26. The Labute approximate surface area is 204 Å². The molecule has 1 atom stereocenters.